The molecule has 1 saturated carbocycles. The van der Waals surface area contributed by atoms with Crippen molar-refractivity contribution in [3.05, 3.63) is 39.4 Å². The van der Waals surface area contributed by atoms with Crippen LogP contribution in [0.4, 0.5) is 10.1 Å². The molecule has 2 fully saturated rings. The van der Waals surface area contributed by atoms with Gasteiger partial charge in [-0.3, -0.25) is 4.79 Å². The van der Waals surface area contributed by atoms with Gasteiger partial charge >= 0.3 is 5.97 Å². The first-order valence-electron chi connectivity index (χ1n) is 10.4. The van der Waals surface area contributed by atoms with Crippen LogP contribution in [0.1, 0.15) is 55.1 Å². The second-order valence-electron chi connectivity index (χ2n) is 8.39. The summed E-state index contributed by atoms with van der Waals surface area (Å²) >= 11 is 0. The molecule has 29 heavy (non-hydrogen) atoms. The Balaban J connectivity index is 1.83. The zero-order valence-electron chi connectivity index (χ0n) is 17.2. The SMILES string of the molecule is CCNC(C)C1CCN(c2cc3c(c(C)c2F)c(=O)c(C(=O)O)cn3C2CC2)C1. The molecule has 2 unspecified atom stereocenters. The average molecular weight is 401 g/mol. The van der Waals surface area contributed by atoms with Crippen molar-refractivity contribution in [1.29, 1.82) is 0 Å². The molecule has 1 aliphatic heterocycles. The molecule has 1 aliphatic carbocycles. The fourth-order valence-corrected chi connectivity index (χ4v) is 4.59. The normalized spacial score (nSPS) is 20.4. The number of fused-ring (bicyclic) bond motifs is 1. The summed E-state index contributed by atoms with van der Waals surface area (Å²) in [5.74, 6) is -1.25. The highest BCUT2D eigenvalue weighted by molar-refractivity contribution is 5.95. The summed E-state index contributed by atoms with van der Waals surface area (Å²) < 4.78 is 17.2. The van der Waals surface area contributed by atoms with Crippen LogP contribution < -0.4 is 15.6 Å². The third-order valence-corrected chi connectivity index (χ3v) is 6.45. The van der Waals surface area contributed by atoms with E-state index in [9.17, 15) is 14.7 Å². The lowest BCUT2D eigenvalue weighted by Gasteiger charge is -2.24. The van der Waals surface area contributed by atoms with Gasteiger partial charge in [0.25, 0.3) is 0 Å². The molecule has 0 spiro atoms. The number of carbonyl (C=O) groups is 1. The van der Waals surface area contributed by atoms with E-state index in [1.54, 1.807) is 13.0 Å². The van der Waals surface area contributed by atoms with Crippen LogP contribution in [-0.4, -0.2) is 41.3 Å². The number of carboxylic acids is 1. The zero-order chi connectivity index (χ0) is 20.9. The number of benzene rings is 1. The quantitative estimate of drug-likeness (QED) is 0.777. The van der Waals surface area contributed by atoms with Crippen LogP contribution in [0.5, 0.6) is 0 Å². The van der Waals surface area contributed by atoms with Crippen molar-refractivity contribution in [1.82, 2.24) is 9.88 Å². The second-order valence-corrected chi connectivity index (χ2v) is 8.39. The lowest BCUT2D eigenvalue weighted by Crippen LogP contribution is -2.35. The van der Waals surface area contributed by atoms with Crippen LogP contribution >= 0.6 is 0 Å². The van der Waals surface area contributed by atoms with E-state index in [2.05, 4.69) is 24.1 Å². The molecule has 2 aliphatic rings. The average Bonchev–Trinajstić information content (AvgIpc) is 3.40. The summed E-state index contributed by atoms with van der Waals surface area (Å²) in [5.41, 5.74) is 0.494. The molecule has 6 nitrogen and oxygen atoms in total. The molecule has 7 heteroatoms. The predicted octanol–water partition coefficient (Wildman–Crippen LogP) is 3.31. The molecule has 2 atom stereocenters. The Kier molecular flexibility index (Phi) is 5.11. The number of nitrogens with zero attached hydrogens (tertiary/aromatic N) is 2. The third-order valence-electron chi connectivity index (χ3n) is 6.45. The van der Waals surface area contributed by atoms with Gasteiger partial charge in [-0.15, -0.1) is 0 Å². The number of halogens is 1. The minimum atomic E-state index is -1.27. The number of rotatable bonds is 6. The molecule has 4 rings (SSSR count). The van der Waals surface area contributed by atoms with Gasteiger partial charge in [0.2, 0.25) is 5.43 Å². The van der Waals surface area contributed by atoms with Gasteiger partial charge in [0, 0.05) is 36.9 Å². The predicted molar refractivity (Wildman–Crippen MR) is 112 cm³/mol. The molecule has 0 radical (unpaired) electrons. The van der Waals surface area contributed by atoms with E-state index in [4.69, 9.17) is 0 Å². The number of hydrogen-bond acceptors (Lipinski definition) is 4. The minimum Gasteiger partial charge on any atom is -0.477 e. The van der Waals surface area contributed by atoms with E-state index >= 15 is 4.39 Å². The molecule has 2 heterocycles. The van der Waals surface area contributed by atoms with Gasteiger partial charge in [-0.05, 0) is 51.6 Å². The van der Waals surface area contributed by atoms with Gasteiger partial charge in [-0.1, -0.05) is 6.92 Å². The summed E-state index contributed by atoms with van der Waals surface area (Å²) in [6.45, 7) is 8.26. The number of hydrogen-bond donors (Lipinski definition) is 2. The van der Waals surface area contributed by atoms with Crippen LogP contribution in [-0.2, 0) is 0 Å². The highest BCUT2D eigenvalue weighted by Crippen LogP contribution is 2.39. The Labute approximate surface area is 169 Å². The Morgan fingerprint density at radius 2 is 2.10 bits per heavy atom. The van der Waals surface area contributed by atoms with Crippen LogP contribution in [0, 0.1) is 18.7 Å². The van der Waals surface area contributed by atoms with Gasteiger partial charge in [-0.2, -0.15) is 0 Å². The molecule has 1 aromatic heterocycles. The number of carboxylic acid groups (broad SMARTS) is 1. The Bertz CT molecular complexity index is 1030. The van der Waals surface area contributed by atoms with Crippen molar-refractivity contribution in [3.8, 4) is 0 Å². The fourth-order valence-electron chi connectivity index (χ4n) is 4.59. The van der Waals surface area contributed by atoms with Crippen molar-refractivity contribution in [2.45, 2.75) is 52.1 Å². The topological polar surface area (TPSA) is 74.6 Å². The van der Waals surface area contributed by atoms with Crippen LogP contribution in [0.3, 0.4) is 0 Å². The molecule has 2 N–H and O–H groups in total. The summed E-state index contributed by atoms with van der Waals surface area (Å²) in [4.78, 5) is 26.4. The number of aromatic carboxylic acids is 1. The summed E-state index contributed by atoms with van der Waals surface area (Å²) in [6.07, 6.45) is 4.30. The standard InChI is InChI=1S/C22H28FN3O3/c1-4-24-13(3)14-7-8-25(10-14)18-9-17-19(12(2)20(18)23)21(27)16(22(28)29)11-26(17)15-5-6-15/h9,11,13-15,24H,4-8,10H2,1-3H3,(H,28,29). The maximum atomic E-state index is 15.4. The van der Waals surface area contributed by atoms with E-state index in [-0.39, 0.29) is 22.6 Å². The first-order chi connectivity index (χ1) is 13.8. The van der Waals surface area contributed by atoms with Gasteiger partial charge in [0.1, 0.15) is 11.4 Å². The fraction of sp³-hybridized carbons (Fsp3) is 0.545. The third kappa shape index (κ3) is 3.41. The highest BCUT2D eigenvalue weighted by Gasteiger charge is 2.32. The van der Waals surface area contributed by atoms with E-state index in [1.807, 2.05) is 4.57 Å². The van der Waals surface area contributed by atoms with E-state index in [0.29, 0.717) is 23.2 Å². The van der Waals surface area contributed by atoms with Crippen molar-refractivity contribution >= 4 is 22.6 Å². The zero-order valence-corrected chi connectivity index (χ0v) is 17.2. The molecule has 1 saturated heterocycles. The number of aryl methyl sites for hydroxylation is 1. The molecule has 0 bridgehead atoms. The summed E-state index contributed by atoms with van der Waals surface area (Å²) in [5, 5.41) is 13.1. The molecular formula is C22H28FN3O3. The Hall–Kier alpha value is -2.41. The first kappa shape index (κ1) is 19.9. The van der Waals surface area contributed by atoms with Crippen molar-refractivity contribution in [2.24, 2.45) is 5.92 Å². The van der Waals surface area contributed by atoms with Crippen molar-refractivity contribution in [3.63, 3.8) is 0 Å². The molecule has 1 aromatic carbocycles. The number of nitrogens with one attached hydrogen (secondary N) is 1. The molecular weight excluding hydrogens is 373 g/mol. The molecule has 0 amide bonds. The lowest BCUT2D eigenvalue weighted by atomic mass is 10.0. The summed E-state index contributed by atoms with van der Waals surface area (Å²) in [6, 6.07) is 2.29. The number of anilines is 1. The largest absolute Gasteiger partial charge is 0.477 e. The number of aromatic nitrogens is 1. The maximum absolute atomic E-state index is 15.4. The lowest BCUT2D eigenvalue weighted by molar-refractivity contribution is 0.0695. The van der Waals surface area contributed by atoms with Crippen LogP contribution in [0.25, 0.3) is 10.9 Å². The minimum absolute atomic E-state index is 0.175. The van der Waals surface area contributed by atoms with Gasteiger partial charge in [0.15, 0.2) is 0 Å². The van der Waals surface area contributed by atoms with E-state index in [1.165, 1.54) is 6.20 Å². The van der Waals surface area contributed by atoms with Gasteiger partial charge < -0.3 is 19.9 Å². The van der Waals surface area contributed by atoms with E-state index in [0.717, 1.165) is 38.9 Å². The Morgan fingerprint density at radius 3 is 2.72 bits per heavy atom. The Morgan fingerprint density at radius 1 is 1.38 bits per heavy atom. The van der Waals surface area contributed by atoms with Crippen molar-refractivity contribution in [2.75, 3.05) is 24.5 Å². The maximum Gasteiger partial charge on any atom is 0.341 e. The highest BCUT2D eigenvalue weighted by atomic mass is 19.1. The van der Waals surface area contributed by atoms with Gasteiger partial charge in [-0.25, -0.2) is 9.18 Å². The van der Waals surface area contributed by atoms with Crippen LogP contribution in [0.2, 0.25) is 0 Å². The van der Waals surface area contributed by atoms with E-state index < -0.39 is 17.2 Å². The van der Waals surface area contributed by atoms with Crippen molar-refractivity contribution < 1.29 is 14.3 Å². The first-order valence-corrected chi connectivity index (χ1v) is 10.4. The summed E-state index contributed by atoms with van der Waals surface area (Å²) in [7, 11) is 0. The monoisotopic (exact) mass is 401 g/mol. The molecule has 2 aromatic rings. The smallest absolute Gasteiger partial charge is 0.341 e. The number of pyridine rings is 1. The van der Waals surface area contributed by atoms with Crippen LogP contribution in [0.15, 0.2) is 17.1 Å². The second kappa shape index (κ2) is 7.44. The molecule has 156 valence electrons. The van der Waals surface area contributed by atoms with Gasteiger partial charge in [0.05, 0.1) is 16.6 Å².